The molecule has 1 aliphatic carbocycles. The van der Waals surface area contributed by atoms with Gasteiger partial charge in [-0.1, -0.05) is 13.3 Å². The molecule has 0 aromatic rings. The van der Waals surface area contributed by atoms with Crippen molar-refractivity contribution in [2.45, 2.75) is 51.7 Å². The third-order valence-corrected chi connectivity index (χ3v) is 2.80. The topological polar surface area (TPSA) is 29.5 Å². The van der Waals surface area contributed by atoms with Crippen molar-refractivity contribution in [3.8, 4) is 0 Å². The van der Waals surface area contributed by atoms with Crippen LogP contribution < -0.4 is 0 Å². The van der Waals surface area contributed by atoms with Gasteiger partial charge >= 0.3 is 0 Å². The Kier molecular flexibility index (Phi) is 4.02. The number of hydrogen-bond acceptors (Lipinski definition) is 2. The average molecular weight is 172 g/mol. The Morgan fingerprint density at radius 2 is 2.08 bits per heavy atom. The van der Waals surface area contributed by atoms with E-state index in [1.165, 1.54) is 19.3 Å². The lowest BCUT2D eigenvalue weighted by atomic mass is 9.79. The van der Waals surface area contributed by atoms with E-state index in [2.05, 4.69) is 6.92 Å². The maximum absolute atomic E-state index is 9.83. The van der Waals surface area contributed by atoms with Crippen molar-refractivity contribution >= 4 is 0 Å². The number of ether oxygens (including phenoxy) is 1. The number of hydrogen-bond donors (Lipinski definition) is 1. The van der Waals surface area contributed by atoms with Crippen LogP contribution in [0.1, 0.15) is 39.5 Å². The second-order valence-corrected chi connectivity index (χ2v) is 3.58. The Morgan fingerprint density at radius 3 is 2.42 bits per heavy atom. The summed E-state index contributed by atoms with van der Waals surface area (Å²) < 4.78 is 5.46. The molecular weight excluding hydrogens is 152 g/mol. The summed E-state index contributed by atoms with van der Waals surface area (Å²) in [6.07, 6.45) is 4.43. The molecule has 0 aromatic heterocycles. The first kappa shape index (κ1) is 10.0. The summed E-state index contributed by atoms with van der Waals surface area (Å²) >= 11 is 0. The number of aliphatic hydroxyl groups excluding tert-OH is 1. The van der Waals surface area contributed by atoms with E-state index in [4.69, 9.17) is 4.74 Å². The molecule has 2 heteroatoms. The van der Waals surface area contributed by atoms with Gasteiger partial charge in [0.2, 0.25) is 0 Å². The molecule has 1 N–H and O–H groups in total. The predicted octanol–water partition coefficient (Wildman–Crippen LogP) is 1.96. The predicted molar refractivity (Wildman–Crippen MR) is 49.1 cm³/mol. The van der Waals surface area contributed by atoms with Gasteiger partial charge in [-0.25, -0.2) is 0 Å². The largest absolute Gasteiger partial charge is 0.390 e. The third-order valence-electron chi connectivity index (χ3n) is 2.80. The second kappa shape index (κ2) is 4.83. The van der Waals surface area contributed by atoms with Gasteiger partial charge in [0.15, 0.2) is 0 Å². The highest BCUT2D eigenvalue weighted by atomic mass is 16.5. The van der Waals surface area contributed by atoms with Crippen LogP contribution in [0.25, 0.3) is 0 Å². The van der Waals surface area contributed by atoms with Crippen LogP contribution in [0.5, 0.6) is 0 Å². The summed E-state index contributed by atoms with van der Waals surface area (Å²) in [7, 11) is 0. The van der Waals surface area contributed by atoms with E-state index in [1.807, 2.05) is 6.92 Å². The minimum Gasteiger partial charge on any atom is -0.390 e. The van der Waals surface area contributed by atoms with Crippen LogP contribution in [0.4, 0.5) is 0 Å². The van der Waals surface area contributed by atoms with Gasteiger partial charge in [-0.2, -0.15) is 0 Å². The maximum Gasteiger partial charge on any atom is 0.0833 e. The van der Waals surface area contributed by atoms with Crippen molar-refractivity contribution in [1.29, 1.82) is 0 Å². The maximum atomic E-state index is 9.83. The average Bonchev–Trinajstić information content (AvgIpc) is 1.96. The van der Waals surface area contributed by atoms with Gasteiger partial charge in [0.05, 0.1) is 12.2 Å². The van der Waals surface area contributed by atoms with Gasteiger partial charge in [-0.3, -0.25) is 0 Å². The molecule has 0 amide bonds. The highest BCUT2D eigenvalue weighted by Crippen LogP contribution is 2.32. The molecule has 72 valence electrons. The smallest absolute Gasteiger partial charge is 0.0833 e. The Hall–Kier alpha value is -0.0800. The SMILES string of the molecule is CCOC(CC)C(O)C1CCC1. The minimum absolute atomic E-state index is 0.0697. The van der Waals surface area contributed by atoms with Gasteiger partial charge in [-0.05, 0) is 32.1 Å². The summed E-state index contributed by atoms with van der Waals surface area (Å²) in [5.74, 6) is 0.515. The van der Waals surface area contributed by atoms with Crippen LogP contribution in [-0.4, -0.2) is 23.9 Å². The second-order valence-electron chi connectivity index (χ2n) is 3.58. The molecule has 0 aromatic carbocycles. The molecule has 12 heavy (non-hydrogen) atoms. The number of rotatable bonds is 5. The Balaban J connectivity index is 2.29. The zero-order valence-corrected chi connectivity index (χ0v) is 8.12. The molecule has 2 atom stereocenters. The molecule has 0 bridgehead atoms. The van der Waals surface area contributed by atoms with E-state index in [1.54, 1.807) is 0 Å². The Labute approximate surface area is 74.9 Å². The molecule has 0 spiro atoms. The van der Waals surface area contributed by atoms with Crippen LogP contribution in [0, 0.1) is 5.92 Å². The van der Waals surface area contributed by atoms with Crippen molar-refractivity contribution in [2.75, 3.05) is 6.61 Å². The molecule has 1 saturated carbocycles. The summed E-state index contributed by atoms with van der Waals surface area (Å²) in [4.78, 5) is 0. The first-order valence-electron chi connectivity index (χ1n) is 5.09. The van der Waals surface area contributed by atoms with Gasteiger partial charge in [-0.15, -0.1) is 0 Å². The molecule has 0 radical (unpaired) electrons. The van der Waals surface area contributed by atoms with Gasteiger partial charge in [0.1, 0.15) is 0 Å². The summed E-state index contributed by atoms with van der Waals surface area (Å²) in [6, 6.07) is 0. The molecule has 2 unspecified atom stereocenters. The molecule has 0 aliphatic heterocycles. The van der Waals surface area contributed by atoms with E-state index < -0.39 is 0 Å². The minimum atomic E-state index is -0.219. The van der Waals surface area contributed by atoms with Crippen molar-refractivity contribution in [2.24, 2.45) is 5.92 Å². The Morgan fingerprint density at radius 1 is 1.42 bits per heavy atom. The normalized spacial score (nSPS) is 23.2. The fourth-order valence-corrected chi connectivity index (χ4v) is 1.76. The van der Waals surface area contributed by atoms with E-state index >= 15 is 0 Å². The number of aliphatic hydroxyl groups is 1. The molecular formula is C10H20O2. The Bertz CT molecular complexity index is 121. The van der Waals surface area contributed by atoms with Crippen LogP contribution >= 0.6 is 0 Å². The summed E-state index contributed by atoms with van der Waals surface area (Å²) in [5.41, 5.74) is 0. The molecule has 2 nitrogen and oxygen atoms in total. The lowest BCUT2D eigenvalue weighted by Gasteiger charge is -2.34. The summed E-state index contributed by atoms with van der Waals surface area (Å²) in [5, 5.41) is 9.83. The lowest BCUT2D eigenvalue weighted by molar-refractivity contribution is -0.0749. The quantitative estimate of drug-likeness (QED) is 0.687. The lowest BCUT2D eigenvalue weighted by Crippen LogP contribution is -2.38. The standard InChI is InChI=1S/C10H20O2/c1-3-9(12-4-2)10(11)8-6-5-7-8/h8-11H,3-7H2,1-2H3. The molecule has 1 aliphatic rings. The zero-order chi connectivity index (χ0) is 8.97. The fraction of sp³-hybridized carbons (Fsp3) is 1.00. The van der Waals surface area contributed by atoms with Gasteiger partial charge in [0, 0.05) is 6.61 Å². The van der Waals surface area contributed by atoms with Crippen LogP contribution in [0.15, 0.2) is 0 Å². The monoisotopic (exact) mass is 172 g/mol. The molecule has 1 rings (SSSR count). The third kappa shape index (κ3) is 2.20. The first-order chi connectivity index (χ1) is 5.79. The summed E-state index contributed by atoms with van der Waals surface area (Å²) in [6.45, 7) is 4.76. The molecule has 1 fully saturated rings. The van der Waals surface area contributed by atoms with Gasteiger partial charge < -0.3 is 9.84 Å². The molecule has 0 heterocycles. The zero-order valence-electron chi connectivity index (χ0n) is 8.12. The fourth-order valence-electron chi connectivity index (χ4n) is 1.76. The van der Waals surface area contributed by atoms with E-state index in [9.17, 15) is 5.11 Å². The van der Waals surface area contributed by atoms with E-state index in [0.29, 0.717) is 12.5 Å². The highest BCUT2D eigenvalue weighted by molar-refractivity contribution is 4.82. The first-order valence-corrected chi connectivity index (χ1v) is 5.09. The van der Waals surface area contributed by atoms with Crippen molar-refractivity contribution in [3.05, 3.63) is 0 Å². The molecule has 0 saturated heterocycles. The van der Waals surface area contributed by atoms with Gasteiger partial charge in [0.25, 0.3) is 0 Å². The van der Waals surface area contributed by atoms with Crippen molar-refractivity contribution in [3.63, 3.8) is 0 Å². The van der Waals surface area contributed by atoms with Crippen LogP contribution in [0.2, 0.25) is 0 Å². The highest BCUT2D eigenvalue weighted by Gasteiger charge is 2.31. The van der Waals surface area contributed by atoms with Crippen LogP contribution in [-0.2, 0) is 4.74 Å². The van der Waals surface area contributed by atoms with E-state index in [0.717, 1.165) is 6.42 Å². The van der Waals surface area contributed by atoms with Crippen molar-refractivity contribution in [1.82, 2.24) is 0 Å². The van der Waals surface area contributed by atoms with Crippen molar-refractivity contribution < 1.29 is 9.84 Å². The van der Waals surface area contributed by atoms with Crippen LogP contribution in [0.3, 0.4) is 0 Å². The van der Waals surface area contributed by atoms with E-state index in [-0.39, 0.29) is 12.2 Å².